The summed E-state index contributed by atoms with van der Waals surface area (Å²) >= 11 is 0. The van der Waals surface area contributed by atoms with Crippen molar-refractivity contribution in [2.75, 3.05) is 90.7 Å². The zero-order valence-corrected chi connectivity index (χ0v) is 37.5. The van der Waals surface area contributed by atoms with Gasteiger partial charge in [-0.1, -0.05) is 37.6 Å². The summed E-state index contributed by atoms with van der Waals surface area (Å²) in [6, 6.07) is 11.3. The topological polar surface area (TPSA) is 186 Å². The molecule has 0 radical (unpaired) electrons. The van der Waals surface area contributed by atoms with Crippen LogP contribution in [0.15, 0.2) is 66.9 Å². The average molecular weight is 820 g/mol. The van der Waals surface area contributed by atoms with Crippen LogP contribution in [0, 0.1) is 0 Å². The van der Waals surface area contributed by atoms with Crippen LogP contribution in [0.3, 0.4) is 0 Å². The molecule has 2 atom stereocenters. The van der Waals surface area contributed by atoms with Gasteiger partial charge >= 0.3 is 11.9 Å². The van der Waals surface area contributed by atoms with Crippen molar-refractivity contribution < 1.29 is 62.7 Å². The summed E-state index contributed by atoms with van der Waals surface area (Å²) in [7, 11) is 21.1. The number of aromatic hydroxyl groups is 2. The molecule has 1 aliphatic heterocycles. The molecule has 2 aromatic carbocycles. The second-order valence-corrected chi connectivity index (χ2v) is 17.4. The average Bonchev–Trinajstić information content (AvgIpc) is 3.30. The number of likely N-dealkylation sites (N-methyl/N-ethyl adjacent to an activating group) is 2. The lowest BCUT2D eigenvalue weighted by molar-refractivity contribution is -1.05. The van der Waals surface area contributed by atoms with E-state index in [0.717, 1.165) is 62.9 Å². The van der Waals surface area contributed by atoms with Crippen LogP contribution in [0.5, 0.6) is 17.2 Å². The number of phenolic OH excluding ortho intramolecular Hbond substituents is 2. The highest BCUT2D eigenvalue weighted by Gasteiger charge is 2.33. The van der Waals surface area contributed by atoms with Gasteiger partial charge in [0.1, 0.15) is 45.2 Å². The molecule has 2 aromatic rings. The number of hydroxylamine groups is 3. The number of hydrogen-bond acceptors (Lipinski definition) is 9. The van der Waals surface area contributed by atoms with Gasteiger partial charge in [-0.05, 0) is 38.0 Å². The molecule has 3 rings (SSSR count). The van der Waals surface area contributed by atoms with Crippen molar-refractivity contribution in [1.29, 1.82) is 0 Å². The van der Waals surface area contributed by atoms with Gasteiger partial charge < -0.3 is 44.6 Å². The Labute approximate surface area is 346 Å². The highest BCUT2D eigenvalue weighted by Crippen LogP contribution is 2.40. The Hall–Kier alpha value is -4.77. The molecule has 15 heteroatoms. The Morgan fingerprint density at radius 3 is 1.95 bits per heavy atom. The van der Waals surface area contributed by atoms with E-state index in [1.807, 2.05) is 44.3 Å². The molecule has 0 fully saturated rings. The number of fused-ring (bicyclic) bond motifs is 1. The van der Waals surface area contributed by atoms with E-state index in [4.69, 9.17) is 20.3 Å². The predicted molar refractivity (Wildman–Crippen MR) is 229 cm³/mol. The number of methoxy groups -OCH3 is 1. The lowest BCUT2D eigenvalue weighted by atomic mass is 10.0. The van der Waals surface area contributed by atoms with Gasteiger partial charge in [0, 0.05) is 29.7 Å². The SMILES string of the molecule is C=C(C(N)=O)C1=C[N+](C)(C)c2ccccc21.C=C(C)CC(C[N+](C)(C)C)OC(O)CCC.CC(=O)O[N+](C)(C)CC(=O)O.COc1cc(C[N+](C)(C)C)cc(O)c1O. The molecule has 0 bridgehead atoms. The summed E-state index contributed by atoms with van der Waals surface area (Å²) in [6.07, 6.45) is 3.86. The molecule has 1 amide bonds. The number of aliphatic hydroxyl groups excluding tert-OH is 1. The minimum absolute atomic E-state index is 0.0547. The van der Waals surface area contributed by atoms with Crippen molar-refractivity contribution in [3.8, 4) is 17.2 Å². The molecule has 0 spiro atoms. The fourth-order valence-electron chi connectivity index (χ4n) is 5.88. The number of carboxylic acid groups (broad SMARTS) is 1. The number of amides is 1. The lowest BCUT2D eigenvalue weighted by Crippen LogP contribution is -2.44. The van der Waals surface area contributed by atoms with Gasteiger partial charge in [-0.3, -0.25) is 14.1 Å². The van der Waals surface area contributed by atoms with Crippen LogP contribution in [0.1, 0.15) is 51.2 Å². The molecule has 6 N–H and O–H groups in total. The largest absolute Gasteiger partial charge is 0.504 e. The van der Waals surface area contributed by atoms with Crippen molar-refractivity contribution in [2.45, 2.75) is 59.0 Å². The van der Waals surface area contributed by atoms with Gasteiger partial charge in [-0.15, -0.1) is 11.2 Å². The van der Waals surface area contributed by atoms with Gasteiger partial charge in [0.2, 0.25) is 18.2 Å². The number of carboxylic acids is 1. The van der Waals surface area contributed by atoms with Gasteiger partial charge in [0.25, 0.3) is 0 Å². The summed E-state index contributed by atoms with van der Waals surface area (Å²) in [5.41, 5.74) is 10.7. The zero-order chi connectivity index (χ0) is 45.4. The van der Waals surface area contributed by atoms with Crippen LogP contribution < -0.4 is 15.0 Å². The number of rotatable bonds is 16. The van der Waals surface area contributed by atoms with Crippen LogP contribution >= 0.6 is 0 Å². The first kappa shape index (κ1) is 53.2. The lowest BCUT2D eigenvalue weighted by Gasteiger charge is -2.30. The van der Waals surface area contributed by atoms with E-state index in [1.165, 1.54) is 28.1 Å². The highest BCUT2D eigenvalue weighted by atomic mass is 16.7. The molecule has 0 aromatic heterocycles. The van der Waals surface area contributed by atoms with E-state index in [9.17, 15) is 29.7 Å². The normalized spacial score (nSPS) is 13.9. The van der Waals surface area contributed by atoms with E-state index in [-0.39, 0.29) is 28.8 Å². The van der Waals surface area contributed by atoms with Gasteiger partial charge in [-0.2, -0.15) is 0 Å². The number of para-hydroxylation sites is 1. The van der Waals surface area contributed by atoms with E-state index in [1.54, 1.807) is 12.1 Å². The third-order valence-corrected chi connectivity index (χ3v) is 7.99. The number of hydrogen-bond donors (Lipinski definition) is 5. The van der Waals surface area contributed by atoms with Gasteiger partial charge in [0.15, 0.2) is 17.8 Å². The second-order valence-electron chi connectivity index (χ2n) is 17.4. The second kappa shape index (κ2) is 23.0. The zero-order valence-electron chi connectivity index (χ0n) is 37.5. The Bertz CT molecular complexity index is 1720. The third-order valence-electron chi connectivity index (χ3n) is 7.99. The van der Waals surface area contributed by atoms with Crippen molar-refractivity contribution >= 4 is 29.1 Å². The van der Waals surface area contributed by atoms with Gasteiger partial charge in [0.05, 0.1) is 69.1 Å². The number of ether oxygens (including phenoxy) is 2. The van der Waals surface area contributed by atoms with Crippen LogP contribution in [-0.2, 0) is 30.5 Å². The van der Waals surface area contributed by atoms with E-state index in [0.29, 0.717) is 22.2 Å². The standard InChI is InChI=1S/C13H14N2O.C13H28NO2.C11H17NO3.C6H11NO4/c1-9(13(14)16)11-8-15(2,3)12-7-5-4-6-10(11)12;1-7-8-13(15)16-12(9-11(2)3)10-14(4,5)6;1-12(2,3)7-8-5-9(13)11(14)10(6-8)15-4;1-5(8)11-7(2,3)4-6(9)10/h4-8H,1H2,2-3H3,(H-,14,16);12-13,15H,2,7-10H2,1,3-6H3;5-6H,7H2,1-4H3,(H-,13,14);4H2,1-3H3/q;+1;;/p+3. The molecule has 0 saturated heterocycles. The van der Waals surface area contributed by atoms with E-state index < -0.39 is 24.1 Å². The Balaban J connectivity index is 0.000000754. The summed E-state index contributed by atoms with van der Waals surface area (Å²) < 4.78 is 12.5. The fraction of sp³-hybridized carbons (Fsp3) is 0.512. The first-order valence-corrected chi connectivity index (χ1v) is 18.9. The number of nitrogens with zero attached hydrogens (tertiary/aromatic N) is 4. The smallest absolute Gasteiger partial charge is 0.363 e. The molecular weight excluding hydrogens is 746 g/mol. The summed E-state index contributed by atoms with van der Waals surface area (Å²) in [5.74, 6) is -2.01. The highest BCUT2D eigenvalue weighted by molar-refractivity contribution is 6.10. The van der Waals surface area contributed by atoms with Crippen LogP contribution in [0.25, 0.3) is 5.57 Å². The number of phenols is 2. The van der Waals surface area contributed by atoms with Crippen molar-refractivity contribution in [1.82, 2.24) is 4.48 Å². The Morgan fingerprint density at radius 2 is 1.50 bits per heavy atom. The third kappa shape index (κ3) is 21.1. The summed E-state index contributed by atoms with van der Waals surface area (Å²) in [4.78, 5) is 36.4. The predicted octanol–water partition coefficient (Wildman–Crippen LogP) is 4.75. The first-order chi connectivity index (χ1) is 26.3. The maximum Gasteiger partial charge on any atom is 0.363 e. The molecule has 2 unspecified atom stereocenters. The van der Waals surface area contributed by atoms with Crippen molar-refractivity contribution in [3.63, 3.8) is 0 Å². The van der Waals surface area contributed by atoms with Crippen LogP contribution in [0.2, 0.25) is 0 Å². The number of aliphatic carboxylic acids is 1. The summed E-state index contributed by atoms with van der Waals surface area (Å²) in [5, 5.41) is 36.9. The minimum atomic E-state index is -1.00. The maximum atomic E-state index is 11.2. The number of carbonyl (C=O) groups excluding carboxylic acids is 2. The Morgan fingerprint density at radius 1 is 0.931 bits per heavy atom. The molecular formula is C43H73N5O10+4. The maximum absolute atomic E-state index is 11.2. The fourth-order valence-corrected chi connectivity index (χ4v) is 5.88. The minimum Gasteiger partial charge on any atom is -0.504 e. The van der Waals surface area contributed by atoms with Crippen LogP contribution in [-0.4, -0.2) is 155 Å². The first-order valence-electron chi connectivity index (χ1n) is 18.9. The molecule has 0 aliphatic carbocycles. The molecule has 58 heavy (non-hydrogen) atoms. The number of quaternary nitrogens is 4. The molecule has 0 saturated carbocycles. The number of nitrogens with two attached hydrogens (primary N) is 1. The number of primary amides is 1. The molecule has 1 heterocycles. The summed E-state index contributed by atoms with van der Waals surface area (Å²) in [6.45, 7) is 14.3. The molecule has 15 nitrogen and oxygen atoms in total. The number of carbonyl (C=O) groups is 3. The number of aliphatic hydroxyl groups is 1. The van der Waals surface area contributed by atoms with E-state index >= 15 is 0 Å². The van der Waals surface area contributed by atoms with Gasteiger partial charge in [-0.25, -0.2) is 9.59 Å². The quantitative estimate of drug-likeness (QED) is 0.0396. The molecule has 326 valence electrons. The van der Waals surface area contributed by atoms with Crippen molar-refractivity contribution in [3.05, 3.63) is 78.0 Å². The van der Waals surface area contributed by atoms with E-state index in [2.05, 4.69) is 74.4 Å². The molecule has 1 aliphatic rings. The number of benzene rings is 2. The monoisotopic (exact) mass is 820 g/mol. The van der Waals surface area contributed by atoms with Crippen molar-refractivity contribution in [2.24, 2.45) is 5.73 Å². The Kier molecular flexibility index (Phi) is 21.1. The van der Waals surface area contributed by atoms with Crippen LogP contribution in [0.4, 0.5) is 5.69 Å².